The summed E-state index contributed by atoms with van der Waals surface area (Å²) >= 11 is 0. The summed E-state index contributed by atoms with van der Waals surface area (Å²) in [6.45, 7) is 6.07. The summed E-state index contributed by atoms with van der Waals surface area (Å²) in [4.78, 5) is 0. The van der Waals surface area contributed by atoms with E-state index in [2.05, 4.69) is 31.3 Å². The van der Waals surface area contributed by atoms with Crippen molar-refractivity contribution in [2.24, 2.45) is 5.73 Å². The van der Waals surface area contributed by atoms with Crippen LogP contribution in [0.4, 0.5) is 0 Å². The van der Waals surface area contributed by atoms with Gasteiger partial charge in [-0.25, -0.2) is 0 Å². The molecule has 1 aromatic rings. The molecule has 16 heavy (non-hydrogen) atoms. The van der Waals surface area contributed by atoms with Crippen LogP contribution in [0.3, 0.4) is 0 Å². The van der Waals surface area contributed by atoms with Crippen LogP contribution in [0.2, 0.25) is 0 Å². The molecule has 1 saturated heterocycles. The van der Waals surface area contributed by atoms with Gasteiger partial charge in [0.15, 0.2) is 0 Å². The Kier molecular flexibility index (Phi) is 2.91. The molecule has 1 fully saturated rings. The molecule has 2 atom stereocenters. The first kappa shape index (κ1) is 11.4. The van der Waals surface area contributed by atoms with Crippen LogP contribution in [0.1, 0.15) is 24.0 Å². The highest BCUT2D eigenvalue weighted by Crippen LogP contribution is 2.32. The highest BCUT2D eigenvalue weighted by atomic mass is 16.5. The fourth-order valence-corrected chi connectivity index (χ4v) is 2.47. The van der Waals surface area contributed by atoms with Gasteiger partial charge in [-0.1, -0.05) is 6.07 Å². The first-order valence-electron chi connectivity index (χ1n) is 5.69. The number of ether oxygens (including phenoxy) is 1. The number of benzene rings is 1. The molecule has 2 unspecified atom stereocenters. The number of aryl methyl sites for hydroxylation is 1. The third-order valence-corrected chi connectivity index (χ3v) is 3.50. The first-order valence-corrected chi connectivity index (χ1v) is 5.69. The van der Waals surface area contributed by atoms with Gasteiger partial charge in [0.2, 0.25) is 0 Å². The molecule has 0 bridgehead atoms. The number of hydrogen-bond donors (Lipinski definition) is 2. The molecular weight excluding hydrogens is 200 g/mol. The van der Waals surface area contributed by atoms with E-state index >= 15 is 0 Å². The van der Waals surface area contributed by atoms with Crippen LogP contribution in [-0.2, 0) is 0 Å². The highest BCUT2D eigenvalue weighted by molar-refractivity contribution is 5.39. The van der Waals surface area contributed by atoms with Crippen molar-refractivity contribution in [2.75, 3.05) is 20.2 Å². The summed E-state index contributed by atoms with van der Waals surface area (Å²) in [5.74, 6) is 1.30. The molecule has 0 amide bonds. The van der Waals surface area contributed by atoms with E-state index in [0.29, 0.717) is 5.92 Å². The van der Waals surface area contributed by atoms with E-state index < -0.39 is 0 Å². The number of rotatable bonds is 2. The molecule has 1 aliphatic heterocycles. The lowest BCUT2D eigenvalue weighted by Gasteiger charge is -2.27. The molecule has 1 aliphatic rings. The van der Waals surface area contributed by atoms with Gasteiger partial charge in [-0.15, -0.1) is 0 Å². The second-order valence-corrected chi connectivity index (χ2v) is 4.91. The Morgan fingerprint density at radius 1 is 1.50 bits per heavy atom. The molecule has 2 rings (SSSR count). The third kappa shape index (κ3) is 1.93. The summed E-state index contributed by atoms with van der Waals surface area (Å²) < 4.78 is 5.22. The Hall–Kier alpha value is -1.06. The zero-order valence-corrected chi connectivity index (χ0v) is 10.2. The Morgan fingerprint density at radius 3 is 2.75 bits per heavy atom. The van der Waals surface area contributed by atoms with Crippen molar-refractivity contribution in [3.63, 3.8) is 0 Å². The Bertz CT molecular complexity index is 388. The van der Waals surface area contributed by atoms with E-state index in [0.717, 1.165) is 18.8 Å². The van der Waals surface area contributed by atoms with E-state index in [9.17, 15) is 0 Å². The lowest BCUT2D eigenvalue weighted by Crippen LogP contribution is -2.43. The smallest absolute Gasteiger partial charge is 0.119 e. The number of nitrogens with two attached hydrogens (primary N) is 1. The van der Waals surface area contributed by atoms with Gasteiger partial charge in [-0.2, -0.15) is 0 Å². The molecule has 3 N–H and O–H groups in total. The summed E-state index contributed by atoms with van der Waals surface area (Å²) in [5, 5.41) is 3.36. The highest BCUT2D eigenvalue weighted by Gasteiger charge is 2.36. The molecular formula is C13H20N2O. The molecule has 0 spiro atoms. The zero-order chi connectivity index (χ0) is 11.8. The van der Waals surface area contributed by atoms with Gasteiger partial charge in [0.25, 0.3) is 0 Å². The largest absolute Gasteiger partial charge is 0.497 e. The fourth-order valence-electron chi connectivity index (χ4n) is 2.47. The summed E-state index contributed by atoms with van der Waals surface area (Å²) in [6, 6.07) is 6.22. The maximum absolute atomic E-state index is 6.30. The van der Waals surface area contributed by atoms with E-state index in [1.807, 2.05) is 6.07 Å². The minimum atomic E-state index is -0.153. The van der Waals surface area contributed by atoms with Gasteiger partial charge in [0.05, 0.1) is 7.11 Å². The van der Waals surface area contributed by atoms with Crippen molar-refractivity contribution in [3.8, 4) is 5.75 Å². The van der Waals surface area contributed by atoms with Crippen LogP contribution >= 0.6 is 0 Å². The monoisotopic (exact) mass is 220 g/mol. The lowest BCUT2D eigenvalue weighted by molar-refractivity contribution is 0.413. The molecule has 0 aliphatic carbocycles. The van der Waals surface area contributed by atoms with E-state index in [1.165, 1.54) is 11.1 Å². The topological polar surface area (TPSA) is 47.3 Å². The molecule has 1 aromatic carbocycles. The maximum Gasteiger partial charge on any atom is 0.119 e. The number of hydrogen-bond acceptors (Lipinski definition) is 3. The normalized spacial score (nSPS) is 29.4. The molecule has 0 aromatic heterocycles. The minimum Gasteiger partial charge on any atom is -0.497 e. The molecule has 0 saturated carbocycles. The average Bonchev–Trinajstić information content (AvgIpc) is 2.58. The maximum atomic E-state index is 6.30. The molecule has 1 heterocycles. The van der Waals surface area contributed by atoms with Crippen LogP contribution in [0.25, 0.3) is 0 Å². The summed E-state index contributed by atoms with van der Waals surface area (Å²) in [5.41, 5.74) is 8.73. The van der Waals surface area contributed by atoms with Crippen LogP contribution in [0.15, 0.2) is 18.2 Å². The van der Waals surface area contributed by atoms with Crippen molar-refractivity contribution in [2.45, 2.75) is 25.3 Å². The Labute approximate surface area is 97.0 Å². The van der Waals surface area contributed by atoms with Gasteiger partial charge >= 0.3 is 0 Å². The molecule has 3 nitrogen and oxygen atoms in total. The number of methoxy groups -OCH3 is 1. The predicted molar refractivity (Wildman–Crippen MR) is 65.9 cm³/mol. The fraction of sp³-hybridized carbons (Fsp3) is 0.538. The molecule has 3 heteroatoms. The van der Waals surface area contributed by atoms with Gasteiger partial charge in [0.1, 0.15) is 5.75 Å². The van der Waals surface area contributed by atoms with Crippen molar-refractivity contribution >= 4 is 0 Å². The van der Waals surface area contributed by atoms with Crippen LogP contribution in [0, 0.1) is 6.92 Å². The Morgan fingerprint density at radius 2 is 2.25 bits per heavy atom. The number of nitrogens with one attached hydrogen (secondary N) is 1. The van der Waals surface area contributed by atoms with Crippen LogP contribution in [-0.4, -0.2) is 25.7 Å². The summed E-state index contributed by atoms with van der Waals surface area (Å²) in [6.07, 6.45) is 0. The standard InChI is InChI=1S/C13H20N2O/c1-9-6-10(16-3)4-5-11(9)12-7-15-8-13(12,2)14/h4-6,12,15H,7-8,14H2,1-3H3. The molecule has 88 valence electrons. The zero-order valence-electron chi connectivity index (χ0n) is 10.2. The average molecular weight is 220 g/mol. The van der Waals surface area contributed by atoms with Crippen molar-refractivity contribution in [1.82, 2.24) is 5.32 Å². The van der Waals surface area contributed by atoms with Gasteiger partial charge in [-0.3, -0.25) is 0 Å². The molecule has 0 radical (unpaired) electrons. The quantitative estimate of drug-likeness (QED) is 0.792. The van der Waals surface area contributed by atoms with Gasteiger partial charge < -0.3 is 15.8 Å². The van der Waals surface area contributed by atoms with Gasteiger partial charge in [0, 0.05) is 24.5 Å². The SMILES string of the molecule is COc1ccc(C2CNCC2(C)N)c(C)c1. The van der Waals surface area contributed by atoms with Crippen molar-refractivity contribution in [1.29, 1.82) is 0 Å². The lowest BCUT2D eigenvalue weighted by atomic mass is 9.82. The second kappa shape index (κ2) is 4.07. The first-order chi connectivity index (χ1) is 7.54. The van der Waals surface area contributed by atoms with E-state index in [1.54, 1.807) is 7.11 Å². The Balaban J connectivity index is 2.34. The minimum absolute atomic E-state index is 0.153. The van der Waals surface area contributed by atoms with Crippen LogP contribution in [0.5, 0.6) is 5.75 Å². The second-order valence-electron chi connectivity index (χ2n) is 4.91. The van der Waals surface area contributed by atoms with Crippen molar-refractivity contribution in [3.05, 3.63) is 29.3 Å². The van der Waals surface area contributed by atoms with Gasteiger partial charge in [-0.05, 0) is 37.1 Å². The predicted octanol–water partition coefficient (Wildman–Crippen LogP) is 1.41. The van der Waals surface area contributed by atoms with Crippen LogP contribution < -0.4 is 15.8 Å². The summed E-state index contributed by atoms with van der Waals surface area (Å²) in [7, 11) is 1.69. The third-order valence-electron chi connectivity index (χ3n) is 3.50. The van der Waals surface area contributed by atoms with Crippen molar-refractivity contribution < 1.29 is 4.74 Å². The van der Waals surface area contributed by atoms with E-state index in [-0.39, 0.29) is 5.54 Å². The van der Waals surface area contributed by atoms with E-state index in [4.69, 9.17) is 10.5 Å².